The number of thiophene rings is 1. The van der Waals surface area contributed by atoms with Gasteiger partial charge in [-0.1, -0.05) is 24.6 Å². The molecule has 0 spiro atoms. The molecule has 34 heavy (non-hydrogen) atoms. The highest BCUT2D eigenvalue weighted by Crippen LogP contribution is 2.47. The Kier molecular flexibility index (Phi) is 8.84. The summed E-state index contributed by atoms with van der Waals surface area (Å²) in [6, 6.07) is 9.93. The summed E-state index contributed by atoms with van der Waals surface area (Å²) < 4.78 is 4.81. The van der Waals surface area contributed by atoms with E-state index in [2.05, 4.69) is 23.2 Å². The fourth-order valence-electron chi connectivity index (χ4n) is 5.67. The van der Waals surface area contributed by atoms with Crippen LogP contribution in [-0.2, 0) is 17.6 Å². The van der Waals surface area contributed by atoms with E-state index in [1.165, 1.54) is 29.7 Å². The molecule has 2 aliphatic rings. The van der Waals surface area contributed by atoms with E-state index in [1.807, 2.05) is 30.5 Å². The molecule has 2 aromatic heterocycles. The molecule has 0 aliphatic heterocycles. The molecule has 0 aromatic carbocycles. The lowest BCUT2D eigenvalue weighted by molar-refractivity contribution is -0.0331. The first-order valence-corrected chi connectivity index (χ1v) is 13.8. The quantitative estimate of drug-likeness (QED) is 0.214. The van der Waals surface area contributed by atoms with E-state index >= 15 is 0 Å². The second kappa shape index (κ2) is 11.8. The first kappa shape index (κ1) is 25.4. The van der Waals surface area contributed by atoms with Crippen molar-refractivity contribution in [2.75, 3.05) is 7.11 Å². The van der Waals surface area contributed by atoms with Crippen LogP contribution in [0.2, 0.25) is 0 Å². The van der Waals surface area contributed by atoms with Crippen LogP contribution in [0.3, 0.4) is 0 Å². The Hall–Kier alpha value is -1.69. The van der Waals surface area contributed by atoms with Gasteiger partial charge in [0.25, 0.3) is 0 Å². The minimum atomic E-state index is -0.337. The van der Waals surface area contributed by atoms with E-state index in [-0.39, 0.29) is 22.9 Å². The predicted molar refractivity (Wildman–Crippen MR) is 138 cm³/mol. The molecule has 2 aromatic rings. The Bertz CT molecular complexity index is 956. The molecule has 2 saturated carbocycles. The van der Waals surface area contributed by atoms with Gasteiger partial charge in [-0.25, -0.2) is 4.79 Å². The summed E-state index contributed by atoms with van der Waals surface area (Å²) in [4.78, 5) is 18.0. The molecule has 4 atom stereocenters. The van der Waals surface area contributed by atoms with E-state index in [4.69, 9.17) is 16.3 Å². The van der Waals surface area contributed by atoms with Crippen molar-refractivity contribution in [1.82, 2.24) is 4.98 Å². The number of rotatable bonds is 11. The van der Waals surface area contributed by atoms with Crippen molar-refractivity contribution in [3.05, 3.63) is 64.1 Å². The highest BCUT2D eigenvalue weighted by Gasteiger charge is 2.43. The fourth-order valence-corrected chi connectivity index (χ4v) is 7.05. The number of alkyl halides is 1. The van der Waals surface area contributed by atoms with Crippen molar-refractivity contribution in [3.63, 3.8) is 0 Å². The van der Waals surface area contributed by atoms with E-state index < -0.39 is 0 Å². The number of nitrogens with zero attached hydrogens (tertiary/aromatic N) is 1. The van der Waals surface area contributed by atoms with E-state index in [1.54, 1.807) is 0 Å². The number of aliphatic hydroxyl groups excluding tert-OH is 1. The second-order valence-corrected chi connectivity index (χ2v) is 11.7. The second-order valence-electron chi connectivity index (χ2n) is 9.97. The molecule has 0 bridgehead atoms. The molecular weight excluding hydrogens is 466 g/mol. The van der Waals surface area contributed by atoms with Crippen LogP contribution < -0.4 is 0 Å². The van der Waals surface area contributed by atoms with Crippen molar-refractivity contribution >= 4 is 28.9 Å². The van der Waals surface area contributed by atoms with Crippen molar-refractivity contribution in [2.45, 2.75) is 75.7 Å². The standard InChI is InChI=1S/C28H36ClNO3S/c1-33-27(32)25-15-13-22(34-25)9-4-7-20-12-14-24(29)23(20)10-5-11-26(31)28(16-6-17-28)19-21-8-2-3-18-30-21/h2-3,5,8,10,13,15,18,20,23-24,26,31H,4,6-7,9,11-12,14,16-17,19H2,1H3/t20-,23+,24-,26?/m0/s1. The number of hydrogen-bond donors (Lipinski definition) is 1. The molecule has 1 unspecified atom stereocenters. The highest BCUT2D eigenvalue weighted by atomic mass is 35.5. The number of hydrogen-bond acceptors (Lipinski definition) is 5. The average Bonchev–Trinajstić information content (AvgIpc) is 3.43. The maximum atomic E-state index is 11.7. The van der Waals surface area contributed by atoms with Gasteiger partial charge in [0, 0.05) is 27.6 Å². The van der Waals surface area contributed by atoms with Gasteiger partial charge in [0.1, 0.15) is 4.88 Å². The summed E-state index contributed by atoms with van der Waals surface area (Å²) in [5, 5.41) is 11.2. The molecule has 0 radical (unpaired) electrons. The third-order valence-electron chi connectivity index (χ3n) is 7.85. The third-order valence-corrected chi connectivity index (χ3v) is 9.49. The Balaban J connectivity index is 1.27. The van der Waals surface area contributed by atoms with Crippen LogP contribution in [0.1, 0.15) is 71.6 Å². The number of allylic oxidation sites excluding steroid dienone is 1. The number of methoxy groups -OCH3 is 1. The zero-order valence-corrected chi connectivity index (χ0v) is 21.6. The maximum absolute atomic E-state index is 11.7. The van der Waals surface area contributed by atoms with Gasteiger partial charge in [-0.3, -0.25) is 4.98 Å². The van der Waals surface area contributed by atoms with Crippen molar-refractivity contribution in [1.29, 1.82) is 0 Å². The minimum absolute atomic E-state index is 0.0299. The average molecular weight is 502 g/mol. The summed E-state index contributed by atoms with van der Waals surface area (Å²) >= 11 is 8.23. The van der Waals surface area contributed by atoms with Crippen LogP contribution in [0, 0.1) is 17.3 Å². The van der Waals surface area contributed by atoms with Crippen molar-refractivity contribution in [2.24, 2.45) is 17.3 Å². The maximum Gasteiger partial charge on any atom is 0.348 e. The van der Waals surface area contributed by atoms with Gasteiger partial charge in [0.05, 0.1) is 13.2 Å². The molecule has 2 aliphatic carbocycles. The molecule has 1 N–H and O–H groups in total. The monoisotopic (exact) mass is 501 g/mol. The summed E-state index contributed by atoms with van der Waals surface area (Å²) in [6.07, 6.45) is 16.3. The zero-order valence-electron chi connectivity index (χ0n) is 20.0. The fraction of sp³-hybridized carbons (Fsp3) is 0.571. The first-order chi connectivity index (χ1) is 16.5. The molecule has 6 heteroatoms. The van der Waals surface area contributed by atoms with Crippen LogP contribution in [0.25, 0.3) is 0 Å². The first-order valence-electron chi connectivity index (χ1n) is 12.6. The number of pyridine rings is 1. The normalized spacial score (nSPS) is 24.7. The SMILES string of the molecule is COC(=O)c1ccc(CCC[C@H]2CC[C@H](Cl)[C@@H]2C=CCC(O)C2(Cc3ccccn3)CCC2)s1. The molecule has 2 heterocycles. The van der Waals surface area contributed by atoms with Gasteiger partial charge in [-0.15, -0.1) is 22.9 Å². The number of carbonyl (C=O) groups excluding carboxylic acids is 1. The number of halogens is 1. The lowest BCUT2D eigenvalue weighted by atomic mass is 9.62. The van der Waals surface area contributed by atoms with Gasteiger partial charge in [-0.05, 0) is 93.9 Å². The summed E-state index contributed by atoms with van der Waals surface area (Å²) in [7, 11) is 1.42. The molecule has 184 valence electrons. The number of aromatic nitrogens is 1. The van der Waals surface area contributed by atoms with Gasteiger partial charge >= 0.3 is 5.97 Å². The van der Waals surface area contributed by atoms with E-state index in [0.29, 0.717) is 23.1 Å². The Morgan fingerprint density at radius 2 is 2.18 bits per heavy atom. The van der Waals surface area contributed by atoms with Gasteiger partial charge in [0.15, 0.2) is 0 Å². The molecule has 4 rings (SSSR count). The van der Waals surface area contributed by atoms with Gasteiger partial charge in [-0.2, -0.15) is 0 Å². The lowest BCUT2D eigenvalue weighted by Gasteiger charge is -2.45. The Labute approximate surface area is 212 Å². The zero-order chi connectivity index (χ0) is 24.0. The largest absolute Gasteiger partial charge is 0.465 e. The Morgan fingerprint density at radius 3 is 2.88 bits per heavy atom. The number of ether oxygens (including phenoxy) is 1. The molecule has 0 saturated heterocycles. The third kappa shape index (κ3) is 6.10. The van der Waals surface area contributed by atoms with Crippen molar-refractivity contribution < 1.29 is 14.6 Å². The van der Waals surface area contributed by atoms with Crippen LogP contribution in [-0.4, -0.2) is 34.7 Å². The topological polar surface area (TPSA) is 59.4 Å². The van der Waals surface area contributed by atoms with Crippen LogP contribution >= 0.6 is 22.9 Å². The van der Waals surface area contributed by atoms with Gasteiger partial charge < -0.3 is 9.84 Å². The smallest absolute Gasteiger partial charge is 0.348 e. The van der Waals surface area contributed by atoms with Crippen LogP contribution in [0.5, 0.6) is 0 Å². The van der Waals surface area contributed by atoms with E-state index in [0.717, 1.165) is 57.1 Å². The van der Waals surface area contributed by atoms with Crippen LogP contribution in [0.4, 0.5) is 0 Å². The highest BCUT2D eigenvalue weighted by molar-refractivity contribution is 7.13. The van der Waals surface area contributed by atoms with E-state index in [9.17, 15) is 9.90 Å². The molecular formula is C28H36ClNO3S. The molecule has 4 nitrogen and oxygen atoms in total. The number of esters is 1. The lowest BCUT2D eigenvalue weighted by Crippen LogP contribution is -2.43. The van der Waals surface area contributed by atoms with Gasteiger partial charge in [0.2, 0.25) is 0 Å². The predicted octanol–water partition coefficient (Wildman–Crippen LogP) is 6.61. The molecule has 0 amide bonds. The number of aliphatic hydroxyl groups is 1. The Morgan fingerprint density at radius 1 is 1.32 bits per heavy atom. The number of carbonyl (C=O) groups is 1. The minimum Gasteiger partial charge on any atom is -0.465 e. The van der Waals surface area contributed by atoms with Crippen molar-refractivity contribution in [3.8, 4) is 0 Å². The summed E-state index contributed by atoms with van der Waals surface area (Å²) in [5.41, 5.74) is 1.05. The van der Waals surface area contributed by atoms with Crippen LogP contribution in [0.15, 0.2) is 48.7 Å². The summed E-state index contributed by atoms with van der Waals surface area (Å²) in [5.74, 6) is 0.700. The summed E-state index contributed by atoms with van der Waals surface area (Å²) in [6.45, 7) is 0. The number of aryl methyl sites for hydroxylation is 1. The molecule has 2 fully saturated rings.